The Bertz CT molecular complexity index is 670. The van der Waals surface area contributed by atoms with Crippen LogP contribution in [0, 0.1) is 0 Å². The van der Waals surface area contributed by atoms with Crippen molar-refractivity contribution in [2.24, 2.45) is 0 Å². The van der Waals surface area contributed by atoms with E-state index in [4.69, 9.17) is 9.47 Å². The van der Waals surface area contributed by atoms with Gasteiger partial charge in [-0.2, -0.15) is 0 Å². The van der Waals surface area contributed by atoms with E-state index < -0.39 is 0 Å². The van der Waals surface area contributed by atoms with Gasteiger partial charge in [-0.1, -0.05) is 18.2 Å². The van der Waals surface area contributed by atoms with Crippen molar-refractivity contribution in [2.75, 3.05) is 44.8 Å². The first-order valence-corrected chi connectivity index (χ1v) is 8.03. The van der Waals surface area contributed by atoms with Crippen molar-refractivity contribution in [3.63, 3.8) is 0 Å². The number of para-hydroxylation sites is 2. The Kier molecular flexibility index (Phi) is 5.15. The van der Waals surface area contributed by atoms with Crippen molar-refractivity contribution in [2.45, 2.75) is 0 Å². The Hall–Kier alpha value is -2.76. The number of rotatable bonds is 5. The molecule has 1 aromatic carbocycles. The summed E-state index contributed by atoms with van der Waals surface area (Å²) in [6, 6.07) is 13.3. The third-order valence-electron chi connectivity index (χ3n) is 4.09. The Morgan fingerprint density at radius 1 is 1.04 bits per heavy atom. The smallest absolute Gasteiger partial charge is 0.274 e. The second kappa shape index (κ2) is 7.68. The molecule has 3 rings (SSSR count). The Morgan fingerprint density at radius 3 is 2.42 bits per heavy atom. The normalized spacial score (nSPS) is 14.4. The van der Waals surface area contributed by atoms with Crippen LogP contribution in [0.3, 0.4) is 0 Å². The summed E-state index contributed by atoms with van der Waals surface area (Å²) in [6.45, 7) is 3.02. The van der Waals surface area contributed by atoms with Gasteiger partial charge in [0.05, 0.1) is 26.4 Å². The highest BCUT2D eigenvalue weighted by atomic mass is 16.5. The number of hydrogen-bond acceptors (Lipinski definition) is 4. The fourth-order valence-electron chi connectivity index (χ4n) is 2.75. The molecule has 1 amide bonds. The summed E-state index contributed by atoms with van der Waals surface area (Å²) >= 11 is 0. The van der Waals surface area contributed by atoms with E-state index in [0.717, 1.165) is 18.9 Å². The van der Waals surface area contributed by atoms with Crippen LogP contribution < -0.4 is 19.4 Å². The lowest BCUT2D eigenvalue weighted by atomic mass is 10.3. The molecule has 6 heteroatoms. The van der Waals surface area contributed by atoms with Crippen LogP contribution in [0.5, 0.6) is 11.5 Å². The number of nitrogens with one attached hydrogen (secondary N) is 1. The molecule has 1 fully saturated rings. The summed E-state index contributed by atoms with van der Waals surface area (Å²) in [5.74, 6) is 2.30. The molecule has 1 aliphatic heterocycles. The molecule has 0 bridgehead atoms. The highest BCUT2D eigenvalue weighted by Crippen LogP contribution is 2.25. The molecule has 0 spiro atoms. The van der Waals surface area contributed by atoms with Gasteiger partial charge < -0.3 is 14.4 Å². The van der Waals surface area contributed by atoms with Crippen molar-refractivity contribution in [1.29, 1.82) is 0 Å². The van der Waals surface area contributed by atoms with Gasteiger partial charge in [-0.3, -0.25) is 9.69 Å². The molecule has 0 aliphatic carbocycles. The SMILES string of the molecule is COc1ccccc1OCC(=O)N1CCN(c2cccc[nH+]2)CC1. The molecule has 2 heterocycles. The predicted molar refractivity (Wildman–Crippen MR) is 90.3 cm³/mol. The number of benzene rings is 1. The molecule has 24 heavy (non-hydrogen) atoms. The number of methoxy groups -OCH3 is 1. The maximum atomic E-state index is 12.3. The number of piperazine rings is 1. The predicted octanol–water partition coefficient (Wildman–Crippen LogP) is 1.24. The van der Waals surface area contributed by atoms with E-state index in [1.807, 2.05) is 47.5 Å². The number of nitrogens with zero attached hydrogens (tertiary/aromatic N) is 2. The lowest BCUT2D eigenvalue weighted by molar-refractivity contribution is -0.364. The molecule has 0 radical (unpaired) electrons. The van der Waals surface area contributed by atoms with E-state index in [1.54, 1.807) is 13.2 Å². The summed E-state index contributed by atoms with van der Waals surface area (Å²) in [6.07, 6.45) is 1.91. The first-order chi connectivity index (χ1) is 11.8. The minimum Gasteiger partial charge on any atom is -0.493 e. The monoisotopic (exact) mass is 328 g/mol. The van der Waals surface area contributed by atoms with Gasteiger partial charge in [0, 0.05) is 6.07 Å². The quantitative estimate of drug-likeness (QED) is 0.829. The number of pyridine rings is 1. The highest BCUT2D eigenvalue weighted by Gasteiger charge is 2.26. The first-order valence-electron chi connectivity index (χ1n) is 8.03. The summed E-state index contributed by atoms with van der Waals surface area (Å²) in [5, 5.41) is 0. The zero-order valence-electron chi connectivity index (χ0n) is 13.8. The van der Waals surface area contributed by atoms with Gasteiger partial charge >= 0.3 is 0 Å². The van der Waals surface area contributed by atoms with Crippen molar-refractivity contribution < 1.29 is 19.3 Å². The lowest BCUT2D eigenvalue weighted by Crippen LogP contribution is -2.51. The van der Waals surface area contributed by atoms with E-state index in [1.165, 1.54) is 0 Å². The van der Waals surface area contributed by atoms with Crippen LogP contribution in [0.4, 0.5) is 5.82 Å². The van der Waals surface area contributed by atoms with Crippen LogP contribution in [-0.4, -0.2) is 50.7 Å². The minimum absolute atomic E-state index is 0.00222. The summed E-state index contributed by atoms with van der Waals surface area (Å²) < 4.78 is 10.8. The van der Waals surface area contributed by atoms with E-state index in [2.05, 4.69) is 9.88 Å². The maximum absolute atomic E-state index is 12.3. The Morgan fingerprint density at radius 2 is 1.75 bits per heavy atom. The molecular formula is C18H22N3O3+. The van der Waals surface area contributed by atoms with Crippen molar-refractivity contribution in [3.8, 4) is 11.5 Å². The molecule has 6 nitrogen and oxygen atoms in total. The third-order valence-corrected chi connectivity index (χ3v) is 4.09. The van der Waals surface area contributed by atoms with Crippen LogP contribution in [-0.2, 0) is 4.79 Å². The molecule has 126 valence electrons. The first kappa shape index (κ1) is 16.1. The number of amides is 1. The molecular weight excluding hydrogens is 306 g/mol. The molecule has 1 N–H and O–H groups in total. The third kappa shape index (κ3) is 3.76. The topological polar surface area (TPSA) is 56.2 Å². The summed E-state index contributed by atoms with van der Waals surface area (Å²) in [7, 11) is 1.59. The highest BCUT2D eigenvalue weighted by molar-refractivity contribution is 5.78. The molecule has 0 saturated carbocycles. The zero-order valence-corrected chi connectivity index (χ0v) is 13.8. The fraction of sp³-hybridized carbons (Fsp3) is 0.333. The molecule has 1 aliphatic rings. The van der Waals surface area contributed by atoms with Crippen LogP contribution in [0.2, 0.25) is 0 Å². The number of H-pyrrole nitrogens is 1. The van der Waals surface area contributed by atoms with Gasteiger partial charge in [-0.25, -0.2) is 4.98 Å². The van der Waals surface area contributed by atoms with Gasteiger partial charge in [0.25, 0.3) is 11.7 Å². The second-order valence-corrected chi connectivity index (χ2v) is 5.56. The minimum atomic E-state index is -0.00222. The van der Waals surface area contributed by atoms with Gasteiger partial charge in [0.2, 0.25) is 0 Å². The number of carbonyl (C=O) groups excluding carboxylic acids is 1. The van der Waals surface area contributed by atoms with Gasteiger partial charge in [-0.05, 0) is 18.2 Å². The summed E-state index contributed by atoms with van der Waals surface area (Å²) in [4.78, 5) is 19.7. The molecule has 0 atom stereocenters. The number of aromatic nitrogens is 1. The molecule has 2 aromatic rings. The van der Waals surface area contributed by atoms with Crippen molar-refractivity contribution in [1.82, 2.24) is 4.90 Å². The Balaban J connectivity index is 1.50. The number of aromatic amines is 1. The lowest BCUT2D eigenvalue weighted by Gasteiger charge is -2.30. The number of anilines is 1. The van der Waals surface area contributed by atoms with E-state index in [0.29, 0.717) is 24.6 Å². The average molecular weight is 328 g/mol. The average Bonchev–Trinajstić information content (AvgIpc) is 2.67. The zero-order chi connectivity index (χ0) is 16.8. The number of hydrogen-bond donors (Lipinski definition) is 0. The largest absolute Gasteiger partial charge is 0.493 e. The number of ether oxygens (including phenoxy) is 2. The van der Waals surface area contributed by atoms with Crippen LogP contribution in [0.15, 0.2) is 48.7 Å². The maximum Gasteiger partial charge on any atom is 0.274 e. The summed E-state index contributed by atoms with van der Waals surface area (Å²) in [5.41, 5.74) is 0. The van der Waals surface area contributed by atoms with Gasteiger partial charge in [0.1, 0.15) is 13.1 Å². The number of carbonyl (C=O) groups is 1. The standard InChI is InChI=1S/C18H21N3O3/c1-23-15-6-2-3-7-16(15)24-14-18(22)21-12-10-20(11-13-21)17-8-4-5-9-19-17/h2-9H,10-14H2,1H3/p+1. The van der Waals surface area contributed by atoms with Crippen LogP contribution in [0.1, 0.15) is 0 Å². The van der Waals surface area contributed by atoms with E-state index in [-0.39, 0.29) is 12.5 Å². The Labute approximate surface area is 141 Å². The molecule has 1 saturated heterocycles. The van der Waals surface area contributed by atoms with Crippen molar-refractivity contribution in [3.05, 3.63) is 48.7 Å². The van der Waals surface area contributed by atoms with Gasteiger partial charge in [0.15, 0.2) is 18.1 Å². The molecule has 1 aromatic heterocycles. The van der Waals surface area contributed by atoms with E-state index in [9.17, 15) is 4.79 Å². The van der Waals surface area contributed by atoms with Gasteiger partial charge in [-0.15, -0.1) is 0 Å². The molecule has 0 unspecified atom stereocenters. The second-order valence-electron chi connectivity index (χ2n) is 5.56. The van der Waals surface area contributed by atoms with Crippen molar-refractivity contribution >= 4 is 11.7 Å². The van der Waals surface area contributed by atoms with Crippen LogP contribution >= 0.6 is 0 Å². The van der Waals surface area contributed by atoms with E-state index >= 15 is 0 Å². The van der Waals surface area contributed by atoms with Crippen LogP contribution in [0.25, 0.3) is 0 Å². The fourth-order valence-corrected chi connectivity index (χ4v) is 2.75.